The SMILES string of the molecule is CCN1CCC(N(C)C(=O)NC2CCCCC2)CC1. The first-order chi connectivity index (χ1) is 9.20. The standard InChI is InChI=1S/C15H29N3O/c1-3-18-11-9-14(10-12-18)17(2)15(19)16-13-7-5-4-6-8-13/h13-14H,3-12H2,1-2H3,(H,16,19). The van der Waals surface area contributed by atoms with Gasteiger partial charge in [0.1, 0.15) is 0 Å². The van der Waals surface area contributed by atoms with Crippen molar-refractivity contribution in [1.82, 2.24) is 15.1 Å². The highest BCUT2D eigenvalue weighted by molar-refractivity contribution is 5.74. The number of piperidine rings is 1. The van der Waals surface area contributed by atoms with Gasteiger partial charge < -0.3 is 15.1 Å². The summed E-state index contributed by atoms with van der Waals surface area (Å²) in [7, 11) is 1.96. The van der Waals surface area contributed by atoms with E-state index in [9.17, 15) is 4.79 Å². The minimum absolute atomic E-state index is 0.141. The smallest absolute Gasteiger partial charge is 0.317 e. The lowest BCUT2D eigenvalue weighted by atomic mass is 9.95. The number of carbonyl (C=O) groups is 1. The second kappa shape index (κ2) is 7.13. The van der Waals surface area contributed by atoms with E-state index in [1.807, 2.05) is 11.9 Å². The Labute approximate surface area is 117 Å². The average Bonchev–Trinajstić information content (AvgIpc) is 2.47. The summed E-state index contributed by atoms with van der Waals surface area (Å²) in [5.74, 6) is 0. The van der Waals surface area contributed by atoms with Crippen LogP contribution < -0.4 is 5.32 Å². The van der Waals surface area contributed by atoms with Crippen LogP contribution in [0, 0.1) is 0 Å². The van der Waals surface area contributed by atoms with Gasteiger partial charge in [0.2, 0.25) is 0 Å². The van der Waals surface area contributed by atoms with E-state index in [1.165, 1.54) is 19.3 Å². The molecule has 19 heavy (non-hydrogen) atoms. The van der Waals surface area contributed by atoms with Crippen molar-refractivity contribution in [3.05, 3.63) is 0 Å². The summed E-state index contributed by atoms with van der Waals surface area (Å²) in [6, 6.07) is 0.979. The lowest BCUT2D eigenvalue weighted by Gasteiger charge is -2.37. The van der Waals surface area contributed by atoms with E-state index >= 15 is 0 Å². The van der Waals surface area contributed by atoms with E-state index in [2.05, 4.69) is 17.1 Å². The third-order valence-corrected chi connectivity index (χ3v) is 4.81. The Morgan fingerprint density at radius 2 is 1.79 bits per heavy atom. The molecule has 2 aliphatic rings. The molecule has 4 nitrogen and oxygen atoms in total. The van der Waals surface area contributed by atoms with E-state index in [1.54, 1.807) is 0 Å². The van der Waals surface area contributed by atoms with Crippen molar-refractivity contribution < 1.29 is 4.79 Å². The number of nitrogens with zero attached hydrogens (tertiary/aromatic N) is 2. The monoisotopic (exact) mass is 267 g/mol. The van der Waals surface area contributed by atoms with Crippen LogP contribution in [0.25, 0.3) is 0 Å². The van der Waals surface area contributed by atoms with E-state index in [0.717, 1.165) is 45.3 Å². The maximum atomic E-state index is 12.3. The topological polar surface area (TPSA) is 35.6 Å². The van der Waals surface area contributed by atoms with Crippen LogP contribution >= 0.6 is 0 Å². The molecule has 1 aliphatic carbocycles. The van der Waals surface area contributed by atoms with Gasteiger partial charge in [-0.25, -0.2) is 4.79 Å². The van der Waals surface area contributed by atoms with Crippen LogP contribution in [0.4, 0.5) is 4.79 Å². The molecule has 110 valence electrons. The zero-order valence-electron chi connectivity index (χ0n) is 12.5. The number of rotatable bonds is 3. The van der Waals surface area contributed by atoms with Crippen molar-refractivity contribution in [1.29, 1.82) is 0 Å². The summed E-state index contributed by atoms with van der Waals surface area (Å²) in [4.78, 5) is 16.7. The van der Waals surface area contributed by atoms with Crippen molar-refractivity contribution in [2.45, 2.75) is 64.0 Å². The number of amides is 2. The molecule has 0 aromatic heterocycles. The Morgan fingerprint density at radius 3 is 2.37 bits per heavy atom. The highest BCUT2D eigenvalue weighted by Crippen LogP contribution is 2.19. The van der Waals surface area contributed by atoms with Crippen molar-refractivity contribution in [2.75, 3.05) is 26.7 Å². The molecule has 1 saturated carbocycles. The van der Waals surface area contributed by atoms with Crippen LogP contribution in [0.2, 0.25) is 0 Å². The Bertz CT molecular complexity index is 281. The van der Waals surface area contributed by atoms with Crippen molar-refractivity contribution in [3.63, 3.8) is 0 Å². The molecule has 0 spiro atoms. The molecule has 2 rings (SSSR count). The zero-order valence-corrected chi connectivity index (χ0v) is 12.5. The van der Waals surface area contributed by atoms with Crippen molar-refractivity contribution in [3.8, 4) is 0 Å². The second-order valence-electron chi connectivity index (χ2n) is 6.06. The van der Waals surface area contributed by atoms with Crippen LogP contribution in [0.15, 0.2) is 0 Å². The summed E-state index contributed by atoms with van der Waals surface area (Å²) in [6.07, 6.45) is 8.41. The first-order valence-electron chi connectivity index (χ1n) is 7.96. The van der Waals surface area contributed by atoms with E-state index in [-0.39, 0.29) is 6.03 Å². The summed E-state index contributed by atoms with van der Waals surface area (Å²) >= 11 is 0. The predicted octanol–water partition coefficient (Wildman–Crippen LogP) is 2.44. The van der Waals surface area contributed by atoms with Gasteiger partial charge in [-0.05, 0) is 32.2 Å². The molecule has 0 aromatic rings. The van der Waals surface area contributed by atoms with Crippen LogP contribution in [0.3, 0.4) is 0 Å². The Morgan fingerprint density at radius 1 is 1.16 bits per heavy atom. The van der Waals surface area contributed by atoms with Gasteiger partial charge in [0.25, 0.3) is 0 Å². The van der Waals surface area contributed by atoms with Crippen molar-refractivity contribution in [2.24, 2.45) is 0 Å². The fourth-order valence-electron chi connectivity index (χ4n) is 3.31. The van der Waals surface area contributed by atoms with Crippen LogP contribution in [-0.4, -0.2) is 54.6 Å². The third-order valence-electron chi connectivity index (χ3n) is 4.81. The molecule has 2 fully saturated rings. The maximum absolute atomic E-state index is 12.3. The normalized spacial score (nSPS) is 23.3. The van der Waals surface area contributed by atoms with Gasteiger partial charge in [0, 0.05) is 32.2 Å². The number of urea groups is 1. The molecule has 1 N–H and O–H groups in total. The fourth-order valence-corrected chi connectivity index (χ4v) is 3.31. The summed E-state index contributed by atoms with van der Waals surface area (Å²) < 4.78 is 0. The lowest BCUT2D eigenvalue weighted by molar-refractivity contribution is 0.135. The third kappa shape index (κ3) is 4.10. The Balaban J connectivity index is 1.75. The van der Waals surface area contributed by atoms with Gasteiger partial charge in [-0.2, -0.15) is 0 Å². The number of nitrogens with one attached hydrogen (secondary N) is 1. The summed E-state index contributed by atoms with van der Waals surface area (Å²) in [5, 5.41) is 3.21. The fraction of sp³-hybridized carbons (Fsp3) is 0.933. The molecule has 1 aliphatic heterocycles. The lowest BCUT2D eigenvalue weighted by Crippen LogP contribution is -2.51. The highest BCUT2D eigenvalue weighted by atomic mass is 16.2. The van der Waals surface area contributed by atoms with Gasteiger partial charge in [-0.1, -0.05) is 26.2 Å². The second-order valence-corrected chi connectivity index (χ2v) is 6.06. The molecule has 0 bridgehead atoms. The number of carbonyl (C=O) groups excluding carboxylic acids is 1. The highest BCUT2D eigenvalue weighted by Gasteiger charge is 2.26. The van der Waals surface area contributed by atoms with E-state index in [4.69, 9.17) is 0 Å². The van der Waals surface area contributed by atoms with Crippen LogP contribution in [-0.2, 0) is 0 Å². The van der Waals surface area contributed by atoms with Gasteiger partial charge in [0.15, 0.2) is 0 Å². The minimum Gasteiger partial charge on any atom is -0.335 e. The van der Waals surface area contributed by atoms with Gasteiger partial charge >= 0.3 is 6.03 Å². The Kier molecular flexibility index (Phi) is 5.49. The van der Waals surface area contributed by atoms with Crippen molar-refractivity contribution >= 4 is 6.03 Å². The van der Waals surface area contributed by atoms with E-state index in [0.29, 0.717) is 12.1 Å². The largest absolute Gasteiger partial charge is 0.335 e. The molecule has 0 atom stereocenters. The first-order valence-corrected chi connectivity index (χ1v) is 7.96. The average molecular weight is 267 g/mol. The predicted molar refractivity (Wildman–Crippen MR) is 78.3 cm³/mol. The number of hydrogen-bond donors (Lipinski definition) is 1. The summed E-state index contributed by atoms with van der Waals surface area (Å²) in [6.45, 7) is 5.59. The summed E-state index contributed by atoms with van der Waals surface area (Å²) in [5.41, 5.74) is 0. The zero-order chi connectivity index (χ0) is 13.7. The maximum Gasteiger partial charge on any atom is 0.317 e. The van der Waals surface area contributed by atoms with Crippen LogP contribution in [0.1, 0.15) is 51.9 Å². The van der Waals surface area contributed by atoms with Gasteiger partial charge in [-0.3, -0.25) is 0 Å². The van der Waals surface area contributed by atoms with Crippen LogP contribution in [0.5, 0.6) is 0 Å². The molecule has 1 saturated heterocycles. The van der Waals surface area contributed by atoms with E-state index < -0.39 is 0 Å². The number of hydrogen-bond acceptors (Lipinski definition) is 2. The quantitative estimate of drug-likeness (QED) is 0.852. The first kappa shape index (κ1) is 14.6. The molecule has 4 heteroatoms. The molecule has 0 unspecified atom stereocenters. The molecular weight excluding hydrogens is 238 g/mol. The Hall–Kier alpha value is -0.770. The van der Waals surface area contributed by atoms with Gasteiger partial charge in [0.05, 0.1) is 0 Å². The molecule has 2 amide bonds. The minimum atomic E-state index is 0.141. The molecular formula is C15H29N3O. The molecule has 0 radical (unpaired) electrons. The molecule has 0 aromatic carbocycles. The molecule has 1 heterocycles. The number of likely N-dealkylation sites (tertiary alicyclic amines) is 1. The van der Waals surface area contributed by atoms with Gasteiger partial charge in [-0.15, -0.1) is 0 Å².